The standard InChI is InChI=1S/C10H9ClN2/c11-10-9(6-4-8-13-10)5-2-1-3-7-12/h1,3-4,6,8H,2,5H2. The van der Waals surface area contributed by atoms with Crippen LogP contribution >= 0.6 is 11.6 Å². The van der Waals surface area contributed by atoms with Crippen molar-refractivity contribution in [2.75, 3.05) is 0 Å². The Kier molecular flexibility index (Phi) is 4.01. The van der Waals surface area contributed by atoms with Gasteiger partial charge in [-0.05, 0) is 24.5 Å². The minimum Gasteiger partial charge on any atom is -0.244 e. The quantitative estimate of drug-likeness (QED) is 0.546. The molecule has 0 saturated heterocycles. The van der Waals surface area contributed by atoms with Gasteiger partial charge in [-0.15, -0.1) is 0 Å². The summed E-state index contributed by atoms with van der Waals surface area (Å²) in [6.45, 7) is 0. The van der Waals surface area contributed by atoms with E-state index in [9.17, 15) is 0 Å². The fourth-order valence-electron chi connectivity index (χ4n) is 0.981. The molecule has 0 aliphatic rings. The number of hydrogen-bond donors (Lipinski definition) is 0. The van der Waals surface area contributed by atoms with Gasteiger partial charge >= 0.3 is 0 Å². The number of nitrogens with zero attached hydrogens (tertiary/aromatic N) is 2. The maximum absolute atomic E-state index is 8.24. The van der Waals surface area contributed by atoms with Gasteiger partial charge in [-0.1, -0.05) is 23.7 Å². The molecule has 0 atom stereocenters. The number of aryl methyl sites for hydroxylation is 1. The average molecular weight is 193 g/mol. The van der Waals surface area contributed by atoms with Gasteiger partial charge in [0.2, 0.25) is 0 Å². The monoisotopic (exact) mass is 192 g/mol. The average Bonchev–Trinajstić information content (AvgIpc) is 2.15. The highest BCUT2D eigenvalue weighted by Crippen LogP contribution is 2.13. The summed E-state index contributed by atoms with van der Waals surface area (Å²) in [5.74, 6) is 0. The minimum atomic E-state index is 0.549. The van der Waals surface area contributed by atoms with Crippen molar-refractivity contribution >= 4 is 11.6 Å². The van der Waals surface area contributed by atoms with E-state index in [0.717, 1.165) is 18.4 Å². The lowest BCUT2D eigenvalue weighted by atomic mass is 10.1. The summed E-state index contributed by atoms with van der Waals surface area (Å²) >= 11 is 5.84. The van der Waals surface area contributed by atoms with E-state index in [0.29, 0.717) is 5.15 Å². The smallest absolute Gasteiger partial charge is 0.132 e. The Morgan fingerprint density at radius 2 is 2.46 bits per heavy atom. The van der Waals surface area contributed by atoms with Crippen LogP contribution in [-0.4, -0.2) is 4.98 Å². The molecule has 0 saturated carbocycles. The topological polar surface area (TPSA) is 36.7 Å². The van der Waals surface area contributed by atoms with Crippen molar-refractivity contribution in [3.05, 3.63) is 41.2 Å². The van der Waals surface area contributed by atoms with Crippen LogP contribution in [-0.2, 0) is 6.42 Å². The van der Waals surface area contributed by atoms with E-state index in [1.54, 1.807) is 6.20 Å². The first-order valence-electron chi connectivity index (χ1n) is 3.98. The summed E-state index contributed by atoms with van der Waals surface area (Å²) < 4.78 is 0. The van der Waals surface area contributed by atoms with Crippen molar-refractivity contribution in [2.24, 2.45) is 0 Å². The molecule has 2 nitrogen and oxygen atoms in total. The Hall–Kier alpha value is -1.33. The molecule has 13 heavy (non-hydrogen) atoms. The van der Waals surface area contributed by atoms with Gasteiger partial charge in [0.15, 0.2) is 0 Å². The number of rotatable bonds is 3. The largest absolute Gasteiger partial charge is 0.244 e. The van der Waals surface area contributed by atoms with Crippen LogP contribution in [0.1, 0.15) is 12.0 Å². The second-order valence-electron chi connectivity index (χ2n) is 2.52. The second kappa shape index (κ2) is 5.34. The molecule has 0 aliphatic carbocycles. The van der Waals surface area contributed by atoms with E-state index in [4.69, 9.17) is 16.9 Å². The molecular formula is C10H9ClN2. The Balaban J connectivity index is 2.51. The summed E-state index contributed by atoms with van der Waals surface area (Å²) in [6.07, 6.45) is 6.61. The van der Waals surface area contributed by atoms with E-state index >= 15 is 0 Å². The SMILES string of the molecule is N#CC=CCCc1cccnc1Cl. The molecule has 0 spiro atoms. The predicted octanol–water partition coefficient (Wildman–Crippen LogP) is 2.75. The van der Waals surface area contributed by atoms with Crippen LogP contribution in [0.2, 0.25) is 5.15 Å². The summed E-state index contributed by atoms with van der Waals surface area (Å²) in [5.41, 5.74) is 1.02. The van der Waals surface area contributed by atoms with Gasteiger partial charge in [0.05, 0.1) is 6.07 Å². The number of allylic oxidation sites excluding steroid dienone is 2. The summed E-state index contributed by atoms with van der Waals surface area (Å²) in [5, 5.41) is 8.79. The molecular weight excluding hydrogens is 184 g/mol. The lowest BCUT2D eigenvalue weighted by molar-refractivity contribution is 0.988. The van der Waals surface area contributed by atoms with Crippen LogP contribution in [0.3, 0.4) is 0 Å². The number of hydrogen-bond acceptors (Lipinski definition) is 2. The fourth-order valence-corrected chi connectivity index (χ4v) is 1.19. The third-order valence-corrected chi connectivity index (χ3v) is 1.95. The summed E-state index contributed by atoms with van der Waals surface area (Å²) in [6, 6.07) is 5.74. The Labute approximate surface area is 82.5 Å². The van der Waals surface area contributed by atoms with Crippen LogP contribution in [0.25, 0.3) is 0 Å². The molecule has 0 aromatic carbocycles. The first kappa shape index (κ1) is 9.76. The maximum Gasteiger partial charge on any atom is 0.132 e. The Bertz CT molecular complexity index is 339. The van der Waals surface area contributed by atoms with E-state index in [1.807, 2.05) is 24.3 Å². The summed E-state index contributed by atoms with van der Waals surface area (Å²) in [4.78, 5) is 3.95. The highest BCUT2D eigenvalue weighted by Gasteiger charge is 1.97. The molecule has 66 valence electrons. The summed E-state index contributed by atoms with van der Waals surface area (Å²) in [7, 11) is 0. The zero-order chi connectivity index (χ0) is 9.52. The molecule has 1 heterocycles. The van der Waals surface area contributed by atoms with E-state index in [1.165, 1.54) is 6.08 Å². The molecule has 0 aliphatic heterocycles. The van der Waals surface area contributed by atoms with Crippen LogP contribution < -0.4 is 0 Å². The first-order valence-corrected chi connectivity index (χ1v) is 4.36. The van der Waals surface area contributed by atoms with Crippen LogP contribution in [0.5, 0.6) is 0 Å². The van der Waals surface area contributed by atoms with Crippen LogP contribution in [0.4, 0.5) is 0 Å². The van der Waals surface area contributed by atoms with Crippen molar-refractivity contribution in [2.45, 2.75) is 12.8 Å². The molecule has 1 aromatic rings. The maximum atomic E-state index is 8.24. The van der Waals surface area contributed by atoms with E-state index < -0.39 is 0 Å². The fraction of sp³-hybridized carbons (Fsp3) is 0.200. The third kappa shape index (κ3) is 3.27. The molecule has 0 fully saturated rings. The van der Waals surface area contributed by atoms with Gasteiger partial charge in [0.1, 0.15) is 5.15 Å². The van der Waals surface area contributed by atoms with Gasteiger partial charge < -0.3 is 0 Å². The minimum absolute atomic E-state index is 0.549. The molecule has 1 aromatic heterocycles. The predicted molar refractivity (Wildman–Crippen MR) is 52.3 cm³/mol. The first-order chi connectivity index (χ1) is 6.34. The molecule has 0 unspecified atom stereocenters. The number of halogens is 1. The van der Waals surface area contributed by atoms with Gasteiger partial charge in [-0.25, -0.2) is 4.98 Å². The van der Waals surface area contributed by atoms with Crippen molar-refractivity contribution in [1.29, 1.82) is 5.26 Å². The highest BCUT2D eigenvalue weighted by atomic mass is 35.5. The molecule has 3 heteroatoms. The van der Waals surface area contributed by atoms with Gasteiger partial charge in [-0.2, -0.15) is 5.26 Å². The van der Waals surface area contributed by atoms with Crippen molar-refractivity contribution in [3.63, 3.8) is 0 Å². The molecule has 0 N–H and O–H groups in total. The highest BCUT2D eigenvalue weighted by molar-refractivity contribution is 6.30. The van der Waals surface area contributed by atoms with E-state index in [2.05, 4.69) is 4.98 Å². The second-order valence-corrected chi connectivity index (χ2v) is 2.88. The molecule has 0 bridgehead atoms. The Morgan fingerprint density at radius 1 is 1.62 bits per heavy atom. The number of aromatic nitrogens is 1. The normalized spacial score (nSPS) is 10.2. The lowest BCUT2D eigenvalue weighted by Crippen LogP contribution is -1.86. The number of pyridine rings is 1. The Morgan fingerprint density at radius 3 is 3.15 bits per heavy atom. The van der Waals surface area contributed by atoms with Crippen molar-refractivity contribution < 1.29 is 0 Å². The zero-order valence-corrected chi connectivity index (χ0v) is 7.83. The number of nitriles is 1. The lowest BCUT2D eigenvalue weighted by Gasteiger charge is -1.98. The molecule has 0 radical (unpaired) electrons. The van der Waals surface area contributed by atoms with Crippen LogP contribution in [0, 0.1) is 11.3 Å². The van der Waals surface area contributed by atoms with Gasteiger partial charge in [0.25, 0.3) is 0 Å². The third-order valence-electron chi connectivity index (χ3n) is 1.61. The van der Waals surface area contributed by atoms with Gasteiger partial charge in [0, 0.05) is 12.3 Å². The van der Waals surface area contributed by atoms with Crippen molar-refractivity contribution in [1.82, 2.24) is 4.98 Å². The van der Waals surface area contributed by atoms with Crippen molar-refractivity contribution in [3.8, 4) is 6.07 Å². The van der Waals surface area contributed by atoms with E-state index in [-0.39, 0.29) is 0 Å². The molecule has 1 rings (SSSR count). The molecule has 0 amide bonds. The van der Waals surface area contributed by atoms with Gasteiger partial charge in [-0.3, -0.25) is 0 Å². The van der Waals surface area contributed by atoms with Crippen LogP contribution in [0.15, 0.2) is 30.5 Å². The zero-order valence-electron chi connectivity index (χ0n) is 7.07.